The Kier molecular flexibility index (Phi) is 7.13. The van der Waals surface area contributed by atoms with Gasteiger partial charge in [0, 0.05) is 31.4 Å². The van der Waals surface area contributed by atoms with E-state index in [0.29, 0.717) is 18.7 Å². The first-order chi connectivity index (χ1) is 23.3. The maximum Gasteiger partial charge on any atom is 0.586 e. The molecule has 4 aliphatic heterocycles. The summed E-state index contributed by atoms with van der Waals surface area (Å²) >= 11 is 0. The van der Waals surface area contributed by atoms with Crippen molar-refractivity contribution in [3.8, 4) is 29.4 Å². The van der Waals surface area contributed by atoms with Gasteiger partial charge >= 0.3 is 6.29 Å². The molecule has 7 rings (SSSR count). The third kappa shape index (κ3) is 5.37. The first-order valence-electron chi connectivity index (χ1n) is 15.1. The molecule has 49 heavy (non-hydrogen) atoms. The van der Waals surface area contributed by atoms with Crippen LogP contribution >= 0.6 is 0 Å². The van der Waals surface area contributed by atoms with E-state index in [0.717, 1.165) is 10.6 Å². The average molecular weight is 670 g/mol. The number of amides is 5. The van der Waals surface area contributed by atoms with Crippen molar-refractivity contribution in [2.75, 3.05) is 23.3 Å². The highest BCUT2D eigenvalue weighted by molar-refractivity contribution is 6.23. The lowest BCUT2D eigenvalue weighted by Gasteiger charge is -2.38. The summed E-state index contributed by atoms with van der Waals surface area (Å²) in [6, 6.07) is 8.13. The molecule has 5 amide bonds. The van der Waals surface area contributed by atoms with Gasteiger partial charge in [-0.25, -0.2) is 0 Å². The third-order valence-corrected chi connectivity index (χ3v) is 8.72. The highest BCUT2D eigenvalue weighted by Gasteiger charge is 2.47. The van der Waals surface area contributed by atoms with Crippen LogP contribution in [-0.2, 0) is 19.9 Å². The Morgan fingerprint density at radius 1 is 1.08 bits per heavy atom. The fourth-order valence-corrected chi connectivity index (χ4v) is 5.90. The Morgan fingerprint density at radius 2 is 1.82 bits per heavy atom. The SMILES string of the molecule is CC(C)(C(=O)Nc1ccc(C#N)c2c1OC(F)(F)O2)n1cc(C#CC2CN(c3ccc4c(c3)C(=O)N(C3CCC(=O)NC3=O)C4=O)C2)cn1. The number of aromatic nitrogens is 2. The van der Waals surface area contributed by atoms with E-state index in [1.165, 1.54) is 23.0 Å². The molecule has 3 aromatic rings. The Bertz CT molecular complexity index is 2100. The van der Waals surface area contributed by atoms with E-state index >= 15 is 0 Å². The molecular formula is C33H25F2N7O7. The van der Waals surface area contributed by atoms with Crippen LogP contribution in [0, 0.1) is 29.1 Å². The summed E-state index contributed by atoms with van der Waals surface area (Å²) in [4.78, 5) is 66.1. The monoisotopic (exact) mass is 669 g/mol. The lowest BCUT2D eigenvalue weighted by molar-refractivity contribution is -0.286. The number of nitrogens with zero attached hydrogens (tertiary/aromatic N) is 5. The Hall–Kier alpha value is -6.29. The number of nitrogens with one attached hydrogen (secondary N) is 2. The molecule has 4 aliphatic rings. The van der Waals surface area contributed by atoms with E-state index in [9.17, 15) is 38.0 Å². The Labute approximate surface area is 276 Å². The first kappa shape index (κ1) is 31.3. The summed E-state index contributed by atoms with van der Waals surface area (Å²) < 4.78 is 37.9. The number of hydrogen-bond acceptors (Lipinski definition) is 10. The summed E-state index contributed by atoms with van der Waals surface area (Å²) in [5.41, 5.74) is 0.0820. The van der Waals surface area contributed by atoms with Gasteiger partial charge in [0.2, 0.25) is 11.8 Å². The number of benzene rings is 2. The van der Waals surface area contributed by atoms with E-state index < -0.39 is 58.9 Å². The number of nitriles is 1. The summed E-state index contributed by atoms with van der Waals surface area (Å²) in [7, 11) is 0. The minimum atomic E-state index is -3.99. The molecule has 2 aromatic carbocycles. The van der Waals surface area contributed by atoms with Crippen LogP contribution in [0.15, 0.2) is 42.7 Å². The smallest absolute Gasteiger partial charge is 0.394 e. The number of fused-ring (bicyclic) bond motifs is 2. The van der Waals surface area contributed by atoms with Gasteiger partial charge < -0.3 is 19.7 Å². The summed E-state index contributed by atoms with van der Waals surface area (Å²) in [6.45, 7) is 4.25. The number of alkyl halides is 2. The summed E-state index contributed by atoms with van der Waals surface area (Å²) in [5.74, 6) is 2.41. The molecule has 1 aromatic heterocycles. The Balaban J connectivity index is 0.982. The van der Waals surface area contributed by atoms with Crippen molar-refractivity contribution in [1.82, 2.24) is 20.0 Å². The molecule has 0 saturated carbocycles. The van der Waals surface area contributed by atoms with Crippen molar-refractivity contribution in [3.63, 3.8) is 0 Å². The van der Waals surface area contributed by atoms with Crippen molar-refractivity contribution in [3.05, 3.63) is 65.0 Å². The number of anilines is 2. The van der Waals surface area contributed by atoms with E-state index in [1.54, 1.807) is 44.3 Å². The van der Waals surface area contributed by atoms with E-state index in [4.69, 9.17) is 0 Å². The number of hydrogen-bond donors (Lipinski definition) is 2. The van der Waals surface area contributed by atoms with Crippen molar-refractivity contribution < 1.29 is 42.2 Å². The summed E-state index contributed by atoms with van der Waals surface area (Å²) in [5, 5.41) is 18.2. The van der Waals surface area contributed by atoms with Gasteiger partial charge in [-0.1, -0.05) is 11.8 Å². The average Bonchev–Trinajstić information content (AvgIpc) is 3.71. The van der Waals surface area contributed by atoms with Gasteiger partial charge in [0.15, 0.2) is 11.5 Å². The van der Waals surface area contributed by atoms with Crippen molar-refractivity contribution >= 4 is 40.9 Å². The van der Waals surface area contributed by atoms with Crippen LogP contribution in [0.3, 0.4) is 0 Å². The van der Waals surface area contributed by atoms with Crippen LogP contribution < -0.4 is 25.0 Å². The number of imide groups is 2. The molecule has 0 bridgehead atoms. The molecule has 5 heterocycles. The number of carbonyl (C=O) groups excluding carboxylic acids is 5. The number of halogens is 2. The zero-order chi connectivity index (χ0) is 34.8. The van der Waals surface area contributed by atoms with Crippen molar-refractivity contribution in [2.45, 2.75) is 44.6 Å². The quantitative estimate of drug-likeness (QED) is 0.303. The highest BCUT2D eigenvalue weighted by atomic mass is 19.3. The van der Waals surface area contributed by atoms with Crippen LogP contribution in [0.5, 0.6) is 11.5 Å². The molecular weight excluding hydrogens is 644 g/mol. The lowest BCUT2D eigenvalue weighted by Crippen LogP contribution is -2.54. The second-order valence-corrected chi connectivity index (χ2v) is 12.3. The molecule has 0 spiro atoms. The topological polar surface area (TPSA) is 176 Å². The molecule has 14 nitrogen and oxygen atoms in total. The standard InChI is InChI=1S/C33H25F2N7O7/c1-32(2,31(47)38-23-8-5-19(12-36)26-27(23)49-33(34,35)48-26)41-16-17(13-37-41)3-4-18-14-40(15-18)20-6-7-21-22(11-20)30(46)42(29(21)45)24-9-10-25(43)39-28(24)44/h5-8,11,13,16,18,24H,9-10,14-15H2,1-2H3,(H,38,47)(H,39,43,44). The van der Waals surface area contributed by atoms with Crippen molar-refractivity contribution in [1.29, 1.82) is 5.26 Å². The maximum atomic E-state index is 13.8. The fourth-order valence-electron chi connectivity index (χ4n) is 5.90. The molecule has 248 valence electrons. The third-order valence-electron chi connectivity index (χ3n) is 8.72. The number of rotatable bonds is 5. The van der Waals surface area contributed by atoms with Gasteiger partial charge in [-0.2, -0.15) is 10.4 Å². The molecule has 2 fully saturated rings. The minimum Gasteiger partial charge on any atom is -0.394 e. The lowest BCUT2D eigenvalue weighted by atomic mass is 9.98. The van der Waals surface area contributed by atoms with Crippen LogP contribution in [0.2, 0.25) is 0 Å². The zero-order valence-corrected chi connectivity index (χ0v) is 25.9. The molecule has 0 radical (unpaired) electrons. The van der Waals surface area contributed by atoms with E-state index in [2.05, 4.69) is 37.0 Å². The zero-order valence-electron chi connectivity index (χ0n) is 25.9. The van der Waals surface area contributed by atoms with Gasteiger partial charge in [-0.3, -0.25) is 38.9 Å². The van der Waals surface area contributed by atoms with Crippen LogP contribution in [0.1, 0.15) is 58.5 Å². The molecule has 16 heteroatoms. The van der Waals surface area contributed by atoms with Crippen LogP contribution in [0.25, 0.3) is 0 Å². The normalized spacial score (nSPS) is 19.4. The van der Waals surface area contributed by atoms with Gasteiger partial charge in [0.05, 0.1) is 40.1 Å². The second-order valence-electron chi connectivity index (χ2n) is 12.3. The van der Waals surface area contributed by atoms with Crippen molar-refractivity contribution in [2.24, 2.45) is 5.92 Å². The van der Waals surface area contributed by atoms with Gasteiger partial charge in [-0.15, -0.1) is 8.78 Å². The highest BCUT2D eigenvalue weighted by Crippen LogP contribution is 2.48. The molecule has 2 saturated heterocycles. The van der Waals surface area contributed by atoms with Gasteiger partial charge in [-0.05, 0) is 50.6 Å². The number of piperidine rings is 1. The summed E-state index contributed by atoms with van der Waals surface area (Å²) in [6.07, 6.45) is -0.796. The fraction of sp³-hybridized carbons (Fsp3) is 0.303. The molecule has 2 N–H and O–H groups in total. The second kappa shape index (κ2) is 11.2. The van der Waals surface area contributed by atoms with Crippen LogP contribution in [-0.4, -0.2) is 69.6 Å². The Morgan fingerprint density at radius 3 is 2.55 bits per heavy atom. The van der Waals surface area contributed by atoms with Gasteiger partial charge in [0.1, 0.15) is 17.6 Å². The number of carbonyl (C=O) groups is 5. The predicted molar refractivity (Wildman–Crippen MR) is 163 cm³/mol. The first-order valence-corrected chi connectivity index (χ1v) is 15.1. The molecule has 1 atom stereocenters. The van der Waals surface area contributed by atoms with E-state index in [1.807, 2.05) is 4.90 Å². The minimum absolute atomic E-state index is 0.0240. The van der Waals surface area contributed by atoms with Crippen LogP contribution in [0.4, 0.5) is 20.2 Å². The molecule has 0 aliphatic carbocycles. The maximum absolute atomic E-state index is 13.8. The van der Waals surface area contributed by atoms with E-state index in [-0.39, 0.29) is 41.1 Å². The number of ether oxygens (including phenoxy) is 2. The predicted octanol–water partition coefficient (Wildman–Crippen LogP) is 2.34. The van der Waals surface area contributed by atoms with Gasteiger partial charge in [0.25, 0.3) is 17.7 Å². The largest absolute Gasteiger partial charge is 0.586 e. The molecule has 1 unspecified atom stereocenters.